The number of phenolic OH excluding ortho intramolecular Hbond substituents is 1. The van der Waals surface area contributed by atoms with Crippen molar-refractivity contribution in [2.75, 3.05) is 6.61 Å². The zero-order valence-corrected chi connectivity index (χ0v) is 10.5. The van der Waals surface area contributed by atoms with E-state index in [-0.39, 0.29) is 12.4 Å². The highest BCUT2D eigenvalue weighted by atomic mass is 16.3. The van der Waals surface area contributed by atoms with Crippen LogP contribution in [0.2, 0.25) is 0 Å². The topological polar surface area (TPSA) is 66.5 Å². The van der Waals surface area contributed by atoms with E-state index in [0.717, 1.165) is 5.56 Å². The van der Waals surface area contributed by atoms with Gasteiger partial charge in [-0.1, -0.05) is 60.7 Å². The Morgan fingerprint density at radius 1 is 1.00 bits per heavy atom. The van der Waals surface area contributed by atoms with E-state index in [4.69, 9.17) is 5.73 Å². The van der Waals surface area contributed by atoms with Crippen LogP contribution < -0.4 is 5.73 Å². The number of rotatable bonds is 4. The molecule has 0 unspecified atom stereocenters. The second-order valence-electron chi connectivity index (χ2n) is 4.46. The van der Waals surface area contributed by atoms with Gasteiger partial charge in [-0.3, -0.25) is 0 Å². The van der Waals surface area contributed by atoms with Crippen molar-refractivity contribution in [3.63, 3.8) is 0 Å². The van der Waals surface area contributed by atoms with Crippen LogP contribution in [0.5, 0.6) is 5.75 Å². The molecule has 0 aliphatic carbocycles. The van der Waals surface area contributed by atoms with E-state index in [1.54, 1.807) is 30.3 Å². The van der Waals surface area contributed by atoms with Gasteiger partial charge >= 0.3 is 0 Å². The number of aliphatic hydroxyl groups excluding tert-OH is 1. The quantitative estimate of drug-likeness (QED) is 0.785. The van der Waals surface area contributed by atoms with Crippen molar-refractivity contribution in [1.82, 2.24) is 0 Å². The third-order valence-corrected chi connectivity index (χ3v) is 3.04. The minimum absolute atomic E-state index is 0.0803. The molecule has 0 bridgehead atoms. The van der Waals surface area contributed by atoms with Crippen molar-refractivity contribution >= 4 is 6.08 Å². The largest absolute Gasteiger partial charge is 0.508 e. The van der Waals surface area contributed by atoms with Gasteiger partial charge in [0, 0.05) is 5.56 Å². The maximum atomic E-state index is 9.85. The highest BCUT2D eigenvalue weighted by Gasteiger charge is 2.25. The molecule has 0 aliphatic heterocycles. The zero-order valence-electron chi connectivity index (χ0n) is 10.5. The summed E-state index contributed by atoms with van der Waals surface area (Å²) in [5.74, 6) is 0.0803. The van der Waals surface area contributed by atoms with Crippen LogP contribution in [0.15, 0.2) is 60.7 Å². The fourth-order valence-electron chi connectivity index (χ4n) is 1.90. The molecule has 98 valence electrons. The van der Waals surface area contributed by atoms with E-state index in [0.29, 0.717) is 5.56 Å². The molecule has 0 fully saturated rings. The molecule has 0 saturated heterocycles. The summed E-state index contributed by atoms with van der Waals surface area (Å²) in [5.41, 5.74) is 6.57. The lowest BCUT2D eigenvalue weighted by Crippen LogP contribution is -2.38. The molecule has 0 radical (unpaired) electrons. The van der Waals surface area contributed by atoms with Gasteiger partial charge in [0.2, 0.25) is 0 Å². The van der Waals surface area contributed by atoms with Crippen molar-refractivity contribution in [2.24, 2.45) is 5.73 Å². The third kappa shape index (κ3) is 3.02. The van der Waals surface area contributed by atoms with E-state index in [9.17, 15) is 10.2 Å². The number of phenols is 1. The Balaban J connectivity index is 2.34. The Labute approximate surface area is 112 Å². The summed E-state index contributed by atoms with van der Waals surface area (Å²) in [6.45, 7) is -0.284. The van der Waals surface area contributed by atoms with Gasteiger partial charge in [0.05, 0.1) is 12.1 Å². The minimum Gasteiger partial charge on any atom is -0.508 e. The average molecular weight is 255 g/mol. The molecular formula is C16H17NO2. The van der Waals surface area contributed by atoms with Gasteiger partial charge < -0.3 is 15.9 Å². The smallest absolute Gasteiger partial charge is 0.121 e. The van der Waals surface area contributed by atoms with E-state index >= 15 is 0 Å². The molecule has 0 aliphatic rings. The first kappa shape index (κ1) is 13.3. The standard InChI is InChI=1S/C16H17NO2/c17-16(12-18,14-8-4-5-9-15(14)19)11-10-13-6-2-1-3-7-13/h1-11,18-19H,12,17H2/b11-10+/t16-/m0/s1. The molecular weight excluding hydrogens is 238 g/mol. The Bertz CT molecular complexity index is 566. The van der Waals surface area contributed by atoms with E-state index in [1.165, 1.54) is 0 Å². The van der Waals surface area contributed by atoms with E-state index in [1.807, 2.05) is 36.4 Å². The van der Waals surface area contributed by atoms with Crippen LogP contribution in [0.3, 0.4) is 0 Å². The lowest BCUT2D eigenvalue weighted by molar-refractivity contribution is 0.226. The Morgan fingerprint density at radius 2 is 1.63 bits per heavy atom. The lowest BCUT2D eigenvalue weighted by Gasteiger charge is -2.24. The lowest BCUT2D eigenvalue weighted by atomic mass is 9.90. The van der Waals surface area contributed by atoms with Gasteiger partial charge in [-0.05, 0) is 11.6 Å². The van der Waals surface area contributed by atoms with E-state index in [2.05, 4.69) is 0 Å². The maximum Gasteiger partial charge on any atom is 0.121 e. The average Bonchev–Trinajstić information content (AvgIpc) is 2.46. The van der Waals surface area contributed by atoms with Crippen molar-refractivity contribution in [3.8, 4) is 5.75 Å². The Hall–Kier alpha value is -2.10. The Kier molecular flexibility index (Phi) is 4.00. The zero-order chi connectivity index (χ0) is 13.7. The van der Waals surface area contributed by atoms with Crippen molar-refractivity contribution in [3.05, 3.63) is 71.8 Å². The van der Waals surface area contributed by atoms with Gasteiger partial charge in [0.15, 0.2) is 0 Å². The number of hydrogen-bond donors (Lipinski definition) is 3. The van der Waals surface area contributed by atoms with Crippen LogP contribution in [-0.2, 0) is 5.54 Å². The summed E-state index contributed by atoms with van der Waals surface area (Å²) >= 11 is 0. The number of aromatic hydroxyl groups is 1. The number of nitrogens with two attached hydrogens (primary N) is 1. The molecule has 0 spiro atoms. The normalized spacial score (nSPS) is 14.4. The SMILES string of the molecule is N[C@@](/C=C/c1ccccc1)(CO)c1ccccc1O. The van der Waals surface area contributed by atoms with Crippen LogP contribution in [0, 0.1) is 0 Å². The summed E-state index contributed by atoms with van der Waals surface area (Å²) < 4.78 is 0. The van der Waals surface area contributed by atoms with Crippen molar-refractivity contribution < 1.29 is 10.2 Å². The molecule has 2 rings (SSSR count). The number of benzene rings is 2. The van der Waals surface area contributed by atoms with Crippen LogP contribution in [0.4, 0.5) is 0 Å². The number of para-hydroxylation sites is 1. The third-order valence-electron chi connectivity index (χ3n) is 3.04. The Morgan fingerprint density at radius 3 is 2.26 bits per heavy atom. The van der Waals surface area contributed by atoms with Crippen LogP contribution in [0.1, 0.15) is 11.1 Å². The van der Waals surface area contributed by atoms with Gasteiger partial charge in [-0.2, -0.15) is 0 Å². The predicted octanol–water partition coefficient (Wildman–Crippen LogP) is 2.25. The molecule has 1 atom stereocenters. The minimum atomic E-state index is -1.10. The molecule has 3 nitrogen and oxygen atoms in total. The molecule has 2 aromatic carbocycles. The summed E-state index contributed by atoms with van der Waals surface area (Å²) in [7, 11) is 0. The molecule has 4 N–H and O–H groups in total. The molecule has 3 heteroatoms. The van der Waals surface area contributed by atoms with Crippen molar-refractivity contribution in [1.29, 1.82) is 0 Å². The fraction of sp³-hybridized carbons (Fsp3) is 0.125. The van der Waals surface area contributed by atoms with E-state index < -0.39 is 5.54 Å². The van der Waals surface area contributed by atoms with Crippen molar-refractivity contribution in [2.45, 2.75) is 5.54 Å². The van der Waals surface area contributed by atoms with Crippen LogP contribution in [-0.4, -0.2) is 16.8 Å². The summed E-state index contributed by atoms with van der Waals surface area (Å²) in [4.78, 5) is 0. The first-order valence-electron chi connectivity index (χ1n) is 6.08. The highest BCUT2D eigenvalue weighted by Crippen LogP contribution is 2.28. The monoisotopic (exact) mass is 255 g/mol. The molecule has 2 aromatic rings. The summed E-state index contributed by atoms with van der Waals surface area (Å²) in [6.07, 6.45) is 3.54. The molecule has 0 heterocycles. The van der Waals surface area contributed by atoms with Gasteiger partial charge in [-0.25, -0.2) is 0 Å². The second kappa shape index (κ2) is 5.69. The van der Waals surface area contributed by atoms with Crippen LogP contribution in [0.25, 0.3) is 6.08 Å². The molecule has 0 aromatic heterocycles. The van der Waals surface area contributed by atoms with Crippen LogP contribution >= 0.6 is 0 Å². The molecule has 0 amide bonds. The first-order valence-corrected chi connectivity index (χ1v) is 6.08. The highest BCUT2D eigenvalue weighted by molar-refractivity contribution is 5.53. The van der Waals surface area contributed by atoms with Gasteiger partial charge in [-0.15, -0.1) is 0 Å². The van der Waals surface area contributed by atoms with Gasteiger partial charge in [0.25, 0.3) is 0 Å². The summed E-state index contributed by atoms with van der Waals surface area (Å²) in [5, 5.41) is 19.4. The predicted molar refractivity (Wildman–Crippen MR) is 76.5 cm³/mol. The maximum absolute atomic E-state index is 9.85. The molecule has 0 saturated carbocycles. The first-order chi connectivity index (χ1) is 9.15. The number of aliphatic hydroxyl groups is 1. The summed E-state index contributed by atoms with van der Waals surface area (Å²) in [6, 6.07) is 16.4. The number of hydrogen-bond acceptors (Lipinski definition) is 3. The fourth-order valence-corrected chi connectivity index (χ4v) is 1.90. The second-order valence-corrected chi connectivity index (χ2v) is 4.46. The van der Waals surface area contributed by atoms with Gasteiger partial charge in [0.1, 0.15) is 5.75 Å². The molecule has 19 heavy (non-hydrogen) atoms.